The van der Waals surface area contributed by atoms with E-state index < -0.39 is 12.1 Å². The summed E-state index contributed by atoms with van der Waals surface area (Å²) in [6.07, 6.45) is 0. The van der Waals surface area contributed by atoms with Crippen LogP contribution < -0.4 is 4.52 Å². The van der Waals surface area contributed by atoms with Crippen LogP contribution in [0.25, 0.3) is 0 Å². The number of nitro groups is 1. The summed E-state index contributed by atoms with van der Waals surface area (Å²) < 4.78 is 15.3. The van der Waals surface area contributed by atoms with Crippen LogP contribution in [0.3, 0.4) is 0 Å². The van der Waals surface area contributed by atoms with Gasteiger partial charge in [-0.1, -0.05) is 0 Å². The summed E-state index contributed by atoms with van der Waals surface area (Å²) in [5.74, 6) is 0.401. The molecular formula is C8H11NO5PS+. The molecule has 88 valence electrons. The SMILES string of the molecule is CO[P+](S)(OC)Oc1ccc([N+](=O)[O-])cc1. The highest BCUT2D eigenvalue weighted by Gasteiger charge is 2.40. The molecule has 0 unspecified atom stereocenters. The molecule has 16 heavy (non-hydrogen) atoms. The van der Waals surface area contributed by atoms with Gasteiger partial charge in [-0.25, -0.2) is 0 Å². The van der Waals surface area contributed by atoms with E-state index >= 15 is 0 Å². The molecule has 0 heterocycles. The molecule has 0 aliphatic rings. The van der Waals surface area contributed by atoms with Crippen molar-refractivity contribution in [1.29, 1.82) is 0 Å². The summed E-state index contributed by atoms with van der Waals surface area (Å²) in [6.45, 7) is 0. The van der Waals surface area contributed by atoms with Crippen molar-refractivity contribution in [2.45, 2.75) is 0 Å². The van der Waals surface area contributed by atoms with Gasteiger partial charge in [0.25, 0.3) is 5.69 Å². The average molecular weight is 264 g/mol. The van der Waals surface area contributed by atoms with Crippen LogP contribution in [-0.2, 0) is 9.05 Å². The monoisotopic (exact) mass is 264 g/mol. The lowest BCUT2D eigenvalue weighted by Gasteiger charge is -2.12. The largest absolute Gasteiger partial charge is 0.521 e. The molecule has 0 fully saturated rings. The zero-order valence-electron chi connectivity index (χ0n) is 8.69. The Morgan fingerprint density at radius 3 is 2.12 bits per heavy atom. The minimum Gasteiger partial charge on any atom is -0.275 e. The van der Waals surface area contributed by atoms with Crippen LogP contribution in [-0.4, -0.2) is 19.1 Å². The Kier molecular flexibility index (Phi) is 4.49. The number of thiol groups is 1. The molecule has 0 aliphatic carbocycles. The summed E-state index contributed by atoms with van der Waals surface area (Å²) in [4.78, 5) is 9.93. The van der Waals surface area contributed by atoms with E-state index in [0.29, 0.717) is 5.75 Å². The van der Waals surface area contributed by atoms with Crippen molar-refractivity contribution in [2.75, 3.05) is 14.2 Å². The summed E-state index contributed by atoms with van der Waals surface area (Å²) in [5.41, 5.74) is -0.00900. The molecule has 0 saturated heterocycles. The second-order valence-electron chi connectivity index (χ2n) is 2.68. The van der Waals surface area contributed by atoms with Gasteiger partial charge < -0.3 is 0 Å². The first kappa shape index (κ1) is 13.2. The van der Waals surface area contributed by atoms with E-state index in [4.69, 9.17) is 13.6 Å². The van der Waals surface area contributed by atoms with Gasteiger partial charge in [0.1, 0.15) is 12.2 Å². The lowest BCUT2D eigenvalue weighted by atomic mass is 10.3. The normalized spacial score (nSPS) is 11.2. The first-order chi connectivity index (χ1) is 7.50. The van der Waals surface area contributed by atoms with Crippen LogP contribution in [0.15, 0.2) is 24.3 Å². The zero-order chi connectivity index (χ0) is 12.2. The number of hydrogen-bond acceptors (Lipinski definition) is 6. The van der Waals surface area contributed by atoms with Crippen molar-refractivity contribution in [1.82, 2.24) is 0 Å². The van der Waals surface area contributed by atoms with E-state index in [0.717, 1.165) is 0 Å². The van der Waals surface area contributed by atoms with E-state index in [9.17, 15) is 10.1 Å². The number of benzene rings is 1. The topological polar surface area (TPSA) is 70.8 Å². The van der Waals surface area contributed by atoms with Gasteiger partial charge >= 0.3 is 7.15 Å². The predicted octanol–water partition coefficient (Wildman–Crippen LogP) is 2.87. The Bertz CT molecular complexity index is 367. The molecule has 0 aliphatic heterocycles. The number of nitrogens with zero attached hydrogens (tertiary/aromatic N) is 1. The highest BCUT2D eigenvalue weighted by Crippen LogP contribution is 2.64. The number of nitro benzene ring substituents is 1. The average Bonchev–Trinajstić information content (AvgIpc) is 2.29. The molecule has 0 saturated carbocycles. The molecule has 0 radical (unpaired) electrons. The van der Waals surface area contributed by atoms with Gasteiger partial charge in [0.05, 0.1) is 19.1 Å². The van der Waals surface area contributed by atoms with Crippen molar-refractivity contribution in [3.05, 3.63) is 34.4 Å². The molecule has 1 aromatic rings. The minimum absolute atomic E-state index is 0.00900. The molecule has 8 heteroatoms. The Morgan fingerprint density at radius 1 is 1.25 bits per heavy atom. The molecule has 1 rings (SSSR count). The fraction of sp³-hybridized carbons (Fsp3) is 0.250. The third-order valence-electron chi connectivity index (χ3n) is 1.73. The summed E-state index contributed by atoms with van der Waals surface area (Å²) in [5, 5.41) is 10.4. The van der Waals surface area contributed by atoms with Gasteiger partial charge in [0, 0.05) is 12.1 Å². The van der Waals surface area contributed by atoms with Gasteiger partial charge in [-0.15, -0.1) is 0 Å². The molecule has 0 bridgehead atoms. The second-order valence-corrected chi connectivity index (χ2v) is 6.00. The van der Waals surface area contributed by atoms with Crippen molar-refractivity contribution in [3.63, 3.8) is 0 Å². The maximum Gasteiger partial charge on any atom is 0.521 e. The number of rotatable bonds is 5. The molecule has 0 spiro atoms. The van der Waals surface area contributed by atoms with Gasteiger partial charge in [-0.2, -0.15) is 9.05 Å². The predicted molar refractivity (Wildman–Crippen MR) is 63.6 cm³/mol. The maximum atomic E-state index is 10.4. The summed E-state index contributed by atoms with van der Waals surface area (Å²) >= 11 is 4.11. The molecule has 0 aromatic heterocycles. The van der Waals surface area contributed by atoms with Crippen LogP contribution in [0.4, 0.5) is 5.69 Å². The number of hydrogen-bond donors (Lipinski definition) is 1. The van der Waals surface area contributed by atoms with Crippen molar-refractivity contribution < 1.29 is 18.5 Å². The quantitative estimate of drug-likeness (QED) is 0.383. The Hall–Kier alpha value is -0.880. The summed E-state index contributed by atoms with van der Waals surface area (Å²) in [6, 6.07) is 5.58. The lowest BCUT2D eigenvalue weighted by molar-refractivity contribution is -0.384. The van der Waals surface area contributed by atoms with Gasteiger partial charge in [-0.3, -0.25) is 14.6 Å². The van der Waals surface area contributed by atoms with Crippen LogP contribution in [0, 0.1) is 10.1 Å². The van der Waals surface area contributed by atoms with E-state index in [1.807, 2.05) is 0 Å². The van der Waals surface area contributed by atoms with E-state index in [1.165, 1.54) is 38.5 Å². The molecule has 0 atom stereocenters. The van der Waals surface area contributed by atoms with Crippen molar-refractivity contribution in [2.24, 2.45) is 0 Å². The lowest BCUT2D eigenvalue weighted by Crippen LogP contribution is -1.99. The molecular weight excluding hydrogens is 253 g/mol. The standard InChI is InChI=1S/C8H11NO5PS/c1-12-15(16,13-2)14-8-5-3-7(4-6-8)9(10)11/h3-6,16H,1-2H3/q+1. The third kappa shape index (κ3) is 3.31. The van der Waals surface area contributed by atoms with Crippen LogP contribution in [0.2, 0.25) is 0 Å². The van der Waals surface area contributed by atoms with E-state index in [1.54, 1.807) is 0 Å². The van der Waals surface area contributed by atoms with E-state index in [2.05, 4.69) is 12.2 Å². The number of non-ortho nitro benzene ring substituents is 1. The Morgan fingerprint density at radius 2 is 1.75 bits per heavy atom. The minimum atomic E-state index is -2.67. The molecule has 0 amide bonds. The molecule has 1 aromatic carbocycles. The Labute approximate surface area is 98.4 Å². The fourth-order valence-electron chi connectivity index (χ4n) is 0.911. The summed E-state index contributed by atoms with van der Waals surface area (Å²) in [7, 11) is 0.157. The van der Waals surface area contributed by atoms with Gasteiger partial charge in [0.15, 0.2) is 5.75 Å². The third-order valence-corrected chi connectivity index (χ3v) is 4.32. The van der Waals surface area contributed by atoms with Crippen LogP contribution >= 0.6 is 19.4 Å². The first-order valence-corrected chi connectivity index (χ1v) is 6.87. The maximum absolute atomic E-state index is 10.4. The fourth-order valence-corrected chi connectivity index (χ4v) is 1.88. The smallest absolute Gasteiger partial charge is 0.275 e. The first-order valence-electron chi connectivity index (χ1n) is 4.18. The van der Waals surface area contributed by atoms with Gasteiger partial charge in [-0.05, 0) is 12.1 Å². The zero-order valence-corrected chi connectivity index (χ0v) is 10.5. The van der Waals surface area contributed by atoms with Crippen molar-refractivity contribution in [3.8, 4) is 5.75 Å². The van der Waals surface area contributed by atoms with Crippen LogP contribution in [0.1, 0.15) is 0 Å². The van der Waals surface area contributed by atoms with Crippen LogP contribution in [0.5, 0.6) is 5.75 Å². The van der Waals surface area contributed by atoms with Crippen molar-refractivity contribution >= 4 is 25.1 Å². The highest BCUT2D eigenvalue weighted by molar-refractivity contribution is 8.47. The second kappa shape index (κ2) is 5.45. The van der Waals surface area contributed by atoms with E-state index in [-0.39, 0.29) is 5.69 Å². The van der Waals surface area contributed by atoms with Gasteiger partial charge in [0.2, 0.25) is 0 Å². The molecule has 6 nitrogen and oxygen atoms in total. The molecule has 0 N–H and O–H groups in total. The highest BCUT2D eigenvalue weighted by atomic mass is 32.7. The Balaban J connectivity index is 2.79.